The minimum Gasteiger partial charge on any atom is -0.348 e. The monoisotopic (exact) mass is 357 g/mol. The van der Waals surface area contributed by atoms with E-state index in [-0.39, 0.29) is 5.92 Å². The fourth-order valence-electron chi connectivity index (χ4n) is 2.48. The van der Waals surface area contributed by atoms with Crippen LogP contribution in [-0.2, 0) is 19.6 Å². The number of carbonyl (C=O) groups excluding carboxylic acids is 2. The summed E-state index contributed by atoms with van der Waals surface area (Å²) in [7, 11) is -3.18. The molecule has 1 heterocycles. The molecule has 1 aromatic carbocycles. The van der Waals surface area contributed by atoms with Crippen LogP contribution in [0.1, 0.15) is 12.8 Å². The molecule has 24 heavy (non-hydrogen) atoms. The van der Waals surface area contributed by atoms with Gasteiger partial charge in [-0.15, -0.1) is 0 Å². The van der Waals surface area contributed by atoms with E-state index >= 15 is 0 Å². The van der Waals surface area contributed by atoms with Gasteiger partial charge in [-0.3, -0.25) is 9.59 Å². The number of anilines is 1. The summed E-state index contributed by atoms with van der Waals surface area (Å²) >= 11 is 0. The number of benzene rings is 1. The van der Waals surface area contributed by atoms with Gasteiger partial charge < -0.3 is 10.6 Å². The Morgan fingerprint density at radius 3 is 2.29 bits per heavy atom. The second-order valence-corrected chi connectivity index (χ2v) is 7.76. The fraction of sp³-hybridized carbons (Fsp3) is 0.467. The second kappa shape index (κ2) is 7.71. The van der Waals surface area contributed by atoms with E-state index in [0.29, 0.717) is 38.2 Å². The number of hydrogen-bond donors (Lipinski definition) is 2. The van der Waals surface area contributed by atoms with Crippen LogP contribution in [0.5, 0.6) is 0 Å². The van der Waals surface area contributed by atoms with Gasteiger partial charge in [-0.1, -0.05) is 0 Å². The van der Waals surface area contributed by atoms with Gasteiger partial charge in [0.2, 0.25) is 10.0 Å². The van der Waals surface area contributed by atoms with Gasteiger partial charge in [0, 0.05) is 25.3 Å². The van der Waals surface area contributed by atoms with Crippen molar-refractivity contribution in [2.75, 3.05) is 31.2 Å². The van der Waals surface area contributed by atoms with Gasteiger partial charge in [0.1, 0.15) is 5.82 Å². The Balaban J connectivity index is 1.75. The van der Waals surface area contributed by atoms with Crippen molar-refractivity contribution in [3.8, 4) is 0 Å². The van der Waals surface area contributed by atoms with E-state index in [4.69, 9.17) is 0 Å². The Morgan fingerprint density at radius 1 is 1.17 bits per heavy atom. The number of halogens is 1. The summed E-state index contributed by atoms with van der Waals surface area (Å²) in [6, 6.07) is 5.09. The molecule has 1 saturated heterocycles. The summed E-state index contributed by atoms with van der Waals surface area (Å²) in [6.45, 7) is 1.15. The maximum Gasteiger partial charge on any atom is 0.313 e. The Hall–Kier alpha value is -2.00. The van der Waals surface area contributed by atoms with Crippen LogP contribution in [0, 0.1) is 11.7 Å². The third-order valence-electron chi connectivity index (χ3n) is 3.90. The van der Waals surface area contributed by atoms with Gasteiger partial charge in [-0.2, -0.15) is 0 Å². The molecule has 1 aliphatic heterocycles. The molecular weight excluding hydrogens is 337 g/mol. The molecule has 132 valence electrons. The van der Waals surface area contributed by atoms with Crippen molar-refractivity contribution in [3.63, 3.8) is 0 Å². The van der Waals surface area contributed by atoms with Gasteiger partial charge in [0.05, 0.1) is 6.26 Å². The van der Waals surface area contributed by atoms with E-state index in [1.54, 1.807) is 0 Å². The molecule has 1 aromatic rings. The van der Waals surface area contributed by atoms with Crippen LogP contribution < -0.4 is 10.6 Å². The lowest BCUT2D eigenvalue weighted by Gasteiger charge is -2.30. The summed E-state index contributed by atoms with van der Waals surface area (Å²) < 4.78 is 37.0. The van der Waals surface area contributed by atoms with Gasteiger partial charge >= 0.3 is 11.8 Å². The molecular formula is C15H20FN3O4S. The number of sulfonamides is 1. The molecule has 0 bridgehead atoms. The third kappa shape index (κ3) is 5.27. The Bertz CT molecular complexity index is 698. The number of hydrogen-bond acceptors (Lipinski definition) is 4. The van der Waals surface area contributed by atoms with Gasteiger partial charge in [-0.25, -0.2) is 17.1 Å². The first-order valence-corrected chi connectivity index (χ1v) is 9.40. The number of amides is 2. The average Bonchev–Trinajstić information content (AvgIpc) is 2.54. The van der Waals surface area contributed by atoms with E-state index in [1.165, 1.54) is 34.8 Å². The molecule has 1 fully saturated rings. The topological polar surface area (TPSA) is 95.6 Å². The molecule has 2 amide bonds. The smallest absolute Gasteiger partial charge is 0.313 e. The molecule has 0 spiro atoms. The van der Waals surface area contributed by atoms with Gasteiger partial charge in [0.25, 0.3) is 0 Å². The fourth-order valence-corrected chi connectivity index (χ4v) is 3.36. The van der Waals surface area contributed by atoms with E-state index in [2.05, 4.69) is 10.6 Å². The van der Waals surface area contributed by atoms with Crippen LogP contribution in [0.25, 0.3) is 0 Å². The zero-order valence-electron chi connectivity index (χ0n) is 13.3. The predicted octanol–water partition coefficient (Wildman–Crippen LogP) is 0.552. The lowest BCUT2D eigenvalue weighted by molar-refractivity contribution is -0.136. The molecule has 0 aliphatic carbocycles. The van der Waals surface area contributed by atoms with Crippen molar-refractivity contribution < 1.29 is 22.4 Å². The van der Waals surface area contributed by atoms with Crippen LogP contribution in [0.4, 0.5) is 10.1 Å². The third-order valence-corrected chi connectivity index (χ3v) is 5.21. The highest BCUT2D eigenvalue weighted by molar-refractivity contribution is 7.88. The Kier molecular flexibility index (Phi) is 5.89. The SMILES string of the molecule is CS(=O)(=O)N1CCC(CNC(=O)C(=O)Nc2ccc(F)cc2)CC1. The number of carbonyl (C=O) groups is 2. The van der Waals surface area contributed by atoms with Crippen LogP contribution in [0.2, 0.25) is 0 Å². The van der Waals surface area contributed by atoms with Crippen molar-refractivity contribution in [2.24, 2.45) is 5.92 Å². The Labute approximate surface area is 140 Å². The summed E-state index contributed by atoms with van der Waals surface area (Å²) in [5.74, 6) is -1.90. The van der Waals surface area contributed by atoms with E-state index < -0.39 is 27.7 Å². The molecule has 9 heteroatoms. The quantitative estimate of drug-likeness (QED) is 0.770. The second-order valence-electron chi connectivity index (χ2n) is 5.78. The number of nitrogens with one attached hydrogen (secondary N) is 2. The van der Waals surface area contributed by atoms with E-state index in [1.807, 2.05) is 0 Å². The van der Waals surface area contributed by atoms with Crippen LogP contribution in [0.15, 0.2) is 24.3 Å². The zero-order chi connectivity index (χ0) is 17.7. The highest BCUT2D eigenvalue weighted by Crippen LogP contribution is 2.18. The standard InChI is InChI=1S/C15H20FN3O4S/c1-24(22,23)19-8-6-11(7-9-19)10-17-14(20)15(21)18-13-4-2-12(16)3-5-13/h2-5,11H,6-10H2,1H3,(H,17,20)(H,18,21). The molecule has 0 saturated carbocycles. The summed E-state index contributed by atoms with van der Waals surface area (Å²) in [4.78, 5) is 23.5. The first kappa shape index (κ1) is 18.3. The minimum atomic E-state index is -3.18. The minimum absolute atomic E-state index is 0.130. The molecule has 7 nitrogen and oxygen atoms in total. The Morgan fingerprint density at radius 2 is 1.75 bits per heavy atom. The molecule has 0 aromatic heterocycles. The first-order chi connectivity index (χ1) is 11.3. The van der Waals surface area contributed by atoms with Gasteiger partial charge in [0.15, 0.2) is 0 Å². The maximum absolute atomic E-state index is 12.8. The predicted molar refractivity (Wildman–Crippen MR) is 87.2 cm³/mol. The lowest BCUT2D eigenvalue weighted by Crippen LogP contribution is -2.43. The maximum atomic E-state index is 12.8. The average molecular weight is 357 g/mol. The van der Waals surface area contributed by atoms with E-state index in [0.717, 1.165) is 0 Å². The van der Waals surface area contributed by atoms with Gasteiger partial charge in [-0.05, 0) is 43.0 Å². The number of nitrogens with zero attached hydrogens (tertiary/aromatic N) is 1. The molecule has 1 aliphatic rings. The normalized spacial score (nSPS) is 16.6. The molecule has 0 atom stereocenters. The van der Waals surface area contributed by atoms with Crippen molar-refractivity contribution >= 4 is 27.5 Å². The van der Waals surface area contributed by atoms with Crippen molar-refractivity contribution in [1.29, 1.82) is 0 Å². The molecule has 2 N–H and O–H groups in total. The highest BCUT2D eigenvalue weighted by Gasteiger charge is 2.25. The molecule has 2 rings (SSSR count). The van der Waals surface area contributed by atoms with Crippen LogP contribution >= 0.6 is 0 Å². The van der Waals surface area contributed by atoms with Crippen molar-refractivity contribution in [3.05, 3.63) is 30.1 Å². The van der Waals surface area contributed by atoms with Crippen molar-refractivity contribution in [1.82, 2.24) is 9.62 Å². The number of piperidine rings is 1. The highest BCUT2D eigenvalue weighted by atomic mass is 32.2. The van der Waals surface area contributed by atoms with Crippen LogP contribution in [0.3, 0.4) is 0 Å². The molecule has 0 unspecified atom stereocenters. The molecule has 0 radical (unpaired) electrons. The lowest BCUT2D eigenvalue weighted by atomic mass is 9.98. The van der Waals surface area contributed by atoms with E-state index in [9.17, 15) is 22.4 Å². The summed E-state index contributed by atoms with van der Waals surface area (Å²) in [6.07, 6.45) is 2.44. The number of rotatable bonds is 4. The summed E-state index contributed by atoms with van der Waals surface area (Å²) in [5, 5.41) is 4.92. The summed E-state index contributed by atoms with van der Waals surface area (Å²) in [5.41, 5.74) is 0.331. The first-order valence-electron chi connectivity index (χ1n) is 7.55. The van der Waals surface area contributed by atoms with Crippen LogP contribution in [-0.4, -0.2) is 50.4 Å². The zero-order valence-corrected chi connectivity index (χ0v) is 14.1. The van der Waals surface area contributed by atoms with Crippen molar-refractivity contribution in [2.45, 2.75) is 12.8 Å². The largest absolute Gasteiger partial charge is 0.348 e.